The second-order valence-corrected chi connectivity index (χ2v) is 6.35. The van der Waals surface area contributed by atoms with E-state index in [1.165, 1.54) is 31.2 Å². The van der Waals surface area contributed by atoms with E-state index >= 15 is 0 Å². The zero-order valence-electron chi connectivity index (χ0n) is 13.5. The maximum absolute atomic E-state index is 3.81. The molecule has 0 heterocycles. The van der Waals surface area contributed by atoms with Gasteiger partial charge in [-0.05, 0) is 64.3 Å². The van der Waals surface area contributed by atoms with Gasteiger partial charge < -0.3 is 5.32 Å². The van der Waals surface area contributed by atoms with Crippen LogP contribution in [0, 0.1) is 0 Å². The highest BCUT2D eigenvalue weighted by molar-refractivity contribution is 5.32. The summed E-state index contributed by atoms with van der Waals surface area (Å²) in [6.07, 6.45) is 4.99. The minimum atomic E-state index is 0.473. The first-order valence-electron chi connectivity index (χ1n) is 8.18. The van der Waals surface area contributed by atoms with Gasteiger partial charge in [0.1, 0.15) is 0 Å². The number of likely N-dealkylation sites (N-methyl/N-ethyl adjacent to an activating group) is 1. The predicted molar refractivity (Wildman–Crippen MR) is 87.1 cm³/mol. The van der Waals surface area contributed by atoms with Crippen LogP contribution < -0.4 is 5.32 Å². The van der Waals surface area contributed by atoms with E-state index < -0.39 is 0 Å². The number of fused-ring (bicyclic) bond motifs is 1. The van der Waals surface area contributed by atoms with Crippen LogP contribution in [0.15, 0.2) is 24.3 Å². The summed E-state index contributed by atoms with van der Waals surface area (Å²) in [7, 11) is 2.28. The van der Waals surface area contributed by atoms with E-state index in [1.807, 2.05) is 0 Å². The molecule has 112 valence electrons. The van der Waals surface area contributed by atoms with Gasteiger partial charge in [-0.25, -0.2) is 0 Å². The van der Waals surface area contributed by atoms with E-state index in [4.69, 9.17) is 0 Å². The van der Waals surface area contributed by atoms with Crippen LogP contribution in [0.4, 0.5) is 0 Å². The Kier molecular flexibility index (Phi) is 5.62. The summed E-state index contributed by atoms with van der Waals surface area (Å²) in [6.45, 7) is 7.94. The number of rotatable bonds is 5. The molecule has 1 aliphatic carbocycles. The smallest absolute Gasteiger partial charge is 0.0480 e. The number of hydrogen-bond donors (Lipinski definition) is 1. The van der Waals surface area contributed by atoms with Gasteiger partial charge in [-0.15, -0.1) is 0 Å². The molecule has 1 aromatic rings. The van der Waals surface area contributed by atoms with Gasteiger partial charge in [-0.2, -0.15) is 0 Å². The zero-order valence-corrected chi connectivity index (χ0v) is 13.5. The lowest BCUT2D eigenvalue weighted by Crippen LogP contribution is -2.45. The van der Waals surface area contributed by atoms with Crippen molar-refractivity contribution in [2.75, 3.05) is 13.6 Å². The summed E-state index contributed by atoms with van der Waals surface area (Å²) in [6, 6.07) is 10.7. The molecule has 0 aromatic heterocycles. The Bertz CT molecular complexity index is 414. The van der Waals surface area contributed by atoms with Crippen molar-refractivity contribution in [1.82, 2.24) is 10.2 Å². The largest absolute Gasteiger partial charge is 0.309 e. The first-order valence-corrected chi connectivity index (χ1v) is 8.18. The summed E-state index contributed by atoms with van der Waals surface area (Å²) < 4.78 is 0. The van der Waals surface area contributed by atoms with Gasteiger partial charge in [-0.3, -0.25) is 4.90 Å². The van der Waals surface area contributed by atoms with Crippen LogP contribution in [0.1, 0.15) is 57.2 Å². The fourth-order valence-corrected chi connectivity index (χ4v) is 3.31. The monoisotopic (exact) mass is 274 g/mol. The maximum Gasteiger partial charge on any atom is 0.0480 e. The van der Waals surface area contributed by atoms with Crippen LogP contribution in [0.5, 0.6) is 0 Å². The molecular formula is C18H30N2. The Morgan fingerprint density at radius 1 is 1.30 bits per heavy atom. The lowest BCUT2D eigenvalue weighted by atomic mass is 9.94. The molecule has 2 nitrogen and oxygen atoms in total. The normalized spacial score (nSPS) is 22.9. The summed E-state index contributed by atoms with van der Waals surface area (Å²) in [5.74, 6) is 0. The predicted octanol–water partition coefficient (Wildman–Crippen LogP) is 3.77. The van der Waals surface area contributed by atoms with Crippen LogP contribution >= 0.6 is 0 Å². The highest BCUT2D eigenvalue weighted by Crippen LogP contribution is 2.32. The van der Waals surface area contributed by atoms with E-state index in [-0.39, 0.29) is 0 Å². The average Bonchev–Trinajstić information content (AvgIpc) is 2.63. The molecule has 1 aliphatic rings. The summed E-state index contributed by atoms with van der Waals surface area (Å²) in [5.41, 5.74) is 3.07. The molecule has 0 radical (unpaired) electrons. The number of hydrogen-bond acceptors (Lipinski definition) is 2. The second kappa shape index (κ2) is 7.24. The van der Waals surface area contributed by atoms with Gasteiger partial charge in [0.15, 0.2) is 0 Å². The Hall–Kier alpha value is -0.860. The molecule has 1 N–H and O–H groups in total. The molecule has 0 amide bonds. The molecule has 0 aliphatic heterocycles. The Morgan fingerprint density at radius 3 is 2.75 bits per heavy atom. The number of nitrogens with zero attached hydrogens (tertiary/aromatic N) is 1. The van der Waals surface area contributed by atoms with Gasteiger partial charge in [0.05, 0.1) is 0 Å². The third-order valence-electron chi connectivity index (χ3n) is 4.67. The molecule has 2 heteroatoms. The molecule has 0 bridgehead atoms. The van der Waals surface area contributed by atoms with Crippen molar-refractivity contribution in [3.05, 3.63) is 35.4 Å². The summed E-state index contributed by atoms with van der Waals surface area (Å²) >= 11 is 0. The Labute approximate surface area is 124 Å². The lowest BCUT2D eigenvalue weighted by Gasteiger charge is -2.37. The van der Waals surface area contributed by atoms with E-state index in [9.17, 15) is 0 Å². The standard InChI is InChI=1S/C18H30N2/c1-5-13-19-18-16-11-7-6-9-15(16)10-8-12-17(18)20(4)14(2)3/h6-7,9,11,14,17-19H,5,8,10,12-13H2,1-4H3. The van der Waals surface area contributed by atoms with Crippen LogP contribution in [0.25, 0.3) is 0 Å². The molecule has 2 atom stereocenters. The molecule has 2 unspecified atom stereocenters. The van der Waals surface area contributed by atoms with E-state index in [1.54, 1.807) is 5.56 Å². The third-order valence-corrected chi connectivity index (χ3v) is 4.67. The van der Waals surface area contributed by atoms with Crippen molar-refractivity contribution < 1.29 is 0 Å². The Morgan fingerprint density at radius 2 is 2.05 bits per heavy atom. The minimum absolute atomic E-state index is 0.473. The topological polar surface area (TPSA) is 15.3 Å². The SMILES string of the molecule is CCCNC1c2ccccc2CCCC1N(C)C(C)C. The number of aryl methyl sites for hydroxylation is 1. The van der Waals surface area contributed by atoms with E-state index in [0.29, 0.717) is 18.1 Å². The molecular weight excluding hydrogens is 244 g/mol. The van der Waals surface area contributed by atoms with Gasteiger partial charge in [0, 0.05) is 18.1 Å². The summed E-state index contributed by atoms with van der Waals surface area (Å²) in [4.78, 5) is 2.55. The molecule has 1 aromatic carbocycles. The highest BCUT2D eigenvalue weighted by Gasteiger charge is 2.30. The number of benzene rings is 1. The van der Waals surface area contributed by atoms with Crippen molar-refractivity contribution in [1.29, 1.82) is 0 Å². The summed E-state index contributed by atoms with van der Waals surface area (Å²) in [5, 5.41) is 3.81. The van der Waals surface area contributed by atoms with E-state index in [2.05, 4.69) is 62.3 Å². The van der Waals surface area contributed by atoms with Gasteiger partial charge in [0.2, 0.25) is 0 Å². The molecule has 2 rings (SSSR count). The molecule has 0 saturated carbocycles. The minimum Gasteiger partial charge on any atom is -0.309 e. The van der Waals surface area contributed by atoms with Crippen LogP contribution in [-0.4, -0.2) is 30.6 Å². The van der Waals surface area contributed by atoms with Crippen LogP contribution in [0.2, 0.25) is 0 Å². The maximum atomic E-state index is 3.81. The fourth-order valence-electron chi connectivity index (χ4n) is 3.31. The van der Waals surface area contributed by atoms with E-state index in [0.717, 1.165) is 6.54 Å². The van der Waals surface area contributed by atoms with Crippen molar-refractivity contribution >= 4 is 0 Å². The molecule has 0 saturated heterocycles. The quantitative estimate of drug-likeness (QED) is 0.822. The highest BCUT2D eigenvalue weighted by atomic mass is 15.2. The molecule has 0 fully saturated rings. The van der Waals surface area contributed by atoms with Gasteiger partial charge in [-0.1, -0.05) is 31.2 Å². The lowest BCUT2D eigenvalue weighted by molar-refractivity contribution is 0.147. The van der Waals surface area contributed by atoms with Crippen LogP contribution in [0.3, 0.4) is 0 Å². The first-order chi connectivity index (χ1) is 9.65. The molecule has 0 spiro atoms. The fraction of sp³-hybridized carbons (Fsp3) is 0.667. The van der Waals surface area contributed by atoms with Crippen molar-refractivity contribution in [3.8, 4) is 0 Å². The van der Waals surface area contributed by atoms with Gasteiger partial charge in [0.25, 0.3) is 0 Å². The molecule has 20 heavy (non-hydrogen) atoms. The Balaban J connectivity index is 2.31. The second-order valence-electron chi connectivity index (χ2n) is 6.35. The first kappa shape index (κ1) is 15.5. The van der Waals surface area contributed by atoms with Crippen molar-refractivity contribution in [2.45, 2.75) is 64.6 Å². The van der Waals surface area contributed by atoms with Crippen molar-refractivity contribution in [3.63, 3.8) is 0 Å². The average molecular weight is 274 g/mol. The van der Waals surface area contributed by atoms with Crippen LogP contribution in [-0.2, 0) is 6.42 Å². The zero-order chi connectivity index (χ0) is 14.5. The number of nitrogens with one attached hydrogen (secondary N) is 1. The van der Waals surface area contributed by atoms with Gasteiger partial charge >= 0.3 is 0 Å². The third kappa shape index (κ3) is 3.42. The van der Waals surface area contributed by atoms with Crippen molar-refractivity contribution in [2.24, 2.45) is 0 Å².